The number of ether oxygens (including phenoxy) is 1. The van der Waals surface area contributed by atoms with Gasteiger partial charge in [0.1, 0.15) is 23.8 Å². The minimum Gasteiger partial charge on any atom is -0.488 e. The van der Waals surface area contributed by atoms with Crippen molar-refractivity contribution >= 4 is 66.6 Å². The molecule has 6 nitrogen and oxygen atoms in total. The lowest BCUT2D eigenvalue weighted by Gasteiger charge is -2.09. The van der Waals surface area contributed by atoms with Gasteiger partial charge in [-0.15, -0.1) is 0 Å². The van der Waals surface area contributed by atoms with E-state index >= 15 is 0 Å². The van der Waals surface area contributed by atoms with E-state index < -0.39 is 0 Å². The molecule has 0 saturated heterocycles. The number of hydrogen-bond acceptors (Lipinski definition) is 5. The number of hydrogen-bond donors (Lipinski definition) is 0. The minimum atomic E-state index is -0.303. The van der Waals surface area contributed by atoms with Gasteiger partial charge in [0.05, 0.1) is 20.7 Å². The van der Waals surface area contributed by atoms with E-state index in [1.807, 2.05) is 48.5 Å². The molecule has 4 aromatic carbocycles. The Kier molecular flexibility index (Phi) is 7.01. The molecule has 192 valence electrons. The quantitative estimate of drug-likeness (QED) is 0.132. The van der Waals surface area contributed by atoms with Crippen molar-refractivity contribution in [3.05, 3.63) is 126 Å². The molecule has 0 fully saturated rings. The van der Waals surface area contributed by atoms with Crippen LogP contribution in [0.4, 0.5) is 4.39 Å². The second-order valence-corrected chi connectivity index (χ2v) is 10.8. The van der Waals surface area contributed by atoms with Gasteiger partial charge in [-0.2, -0.15) is 9.78 Å². The van der Waals surface area contributed by atoms with E-state index in [4.69, 9.17) is 14.1 Å². The second-order valence-electron chi connectivity index (χ2n) is 8.71. The summed E-state index contributed by atoms with van der Waals surface area (Å²) in [6.45, 7) is 0.319. The summed E-state index contributed by atoms with van der Waals surface area (Å²) in [5.74, 6) is 1.14. The molecule has 0 bridgehead atoms. The Hall–Kier alpha value is -3.83. The van der Waals surface area contributed by atoms with Crippen molar-refractivity contribution in [3.8, 4) is 17.3 Å². The highest BCUT2D eigenvalue weighted by Gasteiger charge is 2.16. The van der Waals surface area contributed by atoms with Crippen molar-refractivity contribution in [2.24, 2.45) is 5.10 Å². The number of aromatic nitrogens is 2. The Balaban J connectivity index is 1.35. The summed E-state index contributed by atoms with van der Waals surface area (Å²) in [7, 11) is 0. The molecule has 0 aliphatic carbocycles. The Morgan fingerprint density at radius 3 is 2.67 bits per heavy atom. The predicted molar refractivity (Wildman–Crippen MR) is 162 cm³/mol. The number of nitrogens with zero attached hydrogens (tertiary/aromatic N) is 3. The molecule has 0 N–H and O–H groups in total. The van der Waals surface area contributed by atoms with Crippen LogP contribution >= 0.6 is 38.5 Å². The third-order valence-corrected chi connectivity index (χ3v) is 7.37. The summed E-state index contributed by atoms with van der Waals surface area (Å²) >= 11 is 5.67. The first-order valence-electron chi connectivity index (χ1n) is 11.9. The first-order chi connectivity index (χ1) is 18.9. The predicted octanol–water partition coefficient (Wildman–Crippen LogP) is 7.78. The van der Waals surface area contributed by atoms with E-state index in [-0.39, 0.29) is 11.4 Å². The van der Waals surface area contributed by atoms with Crippen molar-refractivity contribution in [2.75, 3.05) is 0 Å². The molecule has 0 amide bonds. The average molecular weight is 694 g/mol. The zero-order chi connectivity index (χ0) is 26.9. The molecule has 2 aromatic heterocycles. The van der Waals surface area contributed by atoms with Gasteiger partial charge in [-0.3, -0.25) is 4.79 Å². The number of benzene rings is 4. The topological polar surface area (TPSA) is 69.6 Å². The normalized spacial score (nSPS) is 11.6. The van der Waals surface area contributed by atoms with Crippen LogP contribution in [-0.4, -0.2) is 15.9 Å². The van der Waals surface area contributed by atoms with Crippen LogP contribution in [-0.2, 0) is 6.61 Å². The van der Waals surface area contributed by atoms with Crippen LogP contribution in [0.1, 0.15) is 11.1 Å². The summed E-state index contributed by atoms with van der Waals surface area (Å²) in [5, 5.41) is 5.86. The molecule has 0 saturated carbocycles. The molecule has 0 aliphatic rings. The monoisotopic (exact) mass is 693 g/mol. The molecular formula is C30H18BrFIN3O3. The molecule has 39 heavy (non-hydrogen) atoms. The van der Waals surface area contributed by atoms with Gasteiger partial charge in [0, 0.05) is 9.86 Å². The molecule has 0 atom stereocenters. The number of fused-ring (bicyclic) bond motifs is 2. The minimum absolute atomic E-state index is 0.283. The molecule has 0 aliphatic heterocycles. The van der Waals surface area contributed by atoms with Crippen LogP contribution in [0.25, 0.3) is 33.5 Å². The van der Waals surface area contributed by atoms with Crippen molar-refractivity contribution in [1.82, 2.24) is 9.66 Å². The molecule has 0 spiro atoms. The Labute approximate surface area is 244 Å². The Morgan fingerprint density at radius 2 is 1.85 bits per heavy atom. The van der Waals surface area contributed by atoms with Gasteiger partial charge in [-0.25, -0.2) is 9.37 Å². The third-order valence-electron chi connectivity index (χ3n) is 6.04. The highest BCUT2D eigenvalue weighted by Crippen LogP contribution is 2.29. The summed E-state index contributed by atoms with van der Waals surface area (Å²) in [6, 6.07) is 26.5. The van der Waals surface area contributed by atoms with E-state index in [1.54, 1.807) is 36.5 Å². The second kappa shape index (κ2) is 10.7. The fourth-order valence-corrected chi connectivity index (χ4v) is 5.17. The average Bonchev–Trinajstić information content (AvgIpc) is 3.36. The number of furan rings is 1. The van der Waals surface area contributed by atoms with Gasteiger partial charge in [-0.1, -0.05) is 40.2 Å². The summed E-state index contributed by atoms with van der Waals surface area (Å²) in [4.78, 5) is 18.2. The molecule has 2 heterocycles. The first-order valence-corrected chi connectivity index (χ1v) is 13.7. The van der Waals surface area contributed by atoms with Crippen molar-refractivity contribution in [2.45, 2.75) is 6.61 Å². The van der Waals surface area contributed by atoms with E-state index in [0.29, 0.717) is 40.4 Å². The maximum Gasteiger partial charge on any atom is 0.282 e. The van der Waals surface area contributed by atoms with Crippen LogP contribution < -0.4 is 10.3 Å². The standard InChI is InChI=1S/C30H18BrFIN3O3/c31-21-8-12-26-20(14-21)15-28(39-26)29-35-25-4-2-1-3-23(25)30(37)36(29)34-16-19-7-11-27(24(33)13-19)38-17-18-5-9-22(32)10-6-18/h1-16H,17H2. The maximum absolute atomic E-state index is 13.5. The maximum atomic E-state index is 13.5. The number of halogens is 3. The van der Waals surface area contributed by atoms with E-state index in [9.17, 15) is 9.18 Å². The lowest BCUT2D eigenvalue weighted by molar-refractivity contribution is 0.304. The fraction of sp³-hybridized carbons (Fsp3) is 0.0333. The van der Waals surface area contributed by atoms with Crippen LogP contribution in [0.5, 0.6) is 5.75 Å². The molecule has 6 aromatic rings. The Morgan fingerprint density at radius 1 is 1.03 bits per heavy atom. The van der Waals surface area contributed by atoms with Crippen LogP contribution in [0, 0.1) is 9.39 Å². The largest absolute Gasteiger partial charge is 0.488 e. The highest BCUT2D eigenvalue weighted by atomic mass is 127. The van der Waals surface area contributed by atoms with E-state index in [1.165, 1.54) is 16.8 Å². The van der Waals surface area contributed by atoms with Gasteiger partial charge in [0.15, 0.2) is 5.76 Å². The lowest BCUT2D eigenvalue weighted by atomic mass is 10.2. The van der Waals surface area contributed by atoms with Gasteiger partial charge in [0.25, 0.3) is 5.56 Å². The summed E-state index contributed by atoms with van der Waals surface area (Å²) in [6.07, 6.45) is 1.60. The molecular weight excluding hydrogens is 676 g/mol. The molecule has 6 rings (SSSR count). The van der Waals surface area contributed by atoms with Gasteiger partial charge >= 0.3 is 0 Å². The van der Waals surface area contributed by atoms with E-state index in [0.717, 1.165) is 24.6 Å². The fourth-order valence-electron chi connectivity index (χ4n) is 4.10. The zero-order valence-corrected chi connectivity index (χ0v) is 23.9. The Bertz CT molecular complexity index is 1930. The summed E-state index contributed by atoms with van der Waals surface area (Å²) in [5.41, 5.74) is 2.57. The summed E-state index contributed by atoms with van der Waals surface area (Å²) < 4.78 is 28.2. The number of rotatable bonds is 6. The third kappa shape index (κ3) is 5.37. The lowest BCUT2D eigenvalue weighted by Crippen LogP contribution is -2.20. The smallest absolute Gasteiger partial charge is 0.282 e. The van der Waals surface area contributed by atoms with Crippen LogP contribution in [0.2, 0.25) is 0 Å². The number of para-hydroxylation sites is 1. The van der Waals surface area contributed by atoms with Crippen molar-refractivity contribution in [1.29, 1.82) is 0 Å². The molecule has 9 heteroatoms. The van der Waals surface area contributed by atoms with Gasteiger partial charge in [0.2, 0.25) is 5.82 Å². The van der Waals surface area contributed by atoms with Crippen molar-refractivity contribution < 1.29 is 13.5 Å². The first kappa shape index (κ1) is 25.4. The molecule has 0 unspecified atom stereocenters. The highest BCUT2D eigenvalue weighted by molar-refractivity contribution is 14.1. The SMILES string of the molecule is O=c1c2ccccc2nc(-c2cc3cc(Br)ccc3o2)n1N=Cc1ccc(OCc2ccc(F)cc2)c(I)c1. The van der Waals surface area contributed by atoms with Gasteiger partial charge in [-0.05, 0) is 100 Å². The van der Waals surface area contributed by atoms with E-state index in [2.05, 4.69) is 43.6 Å². The van der Waals surface area contributed by atoms with Gasteiger partial charge < -0.3 is 9.15 Å². The van der Waals surface area contributed by atoms with Crippen molar-refractivity contribution in [3.63, 3.8) is 0 Å². The van der Waals surface area contributed by atoms with Crippen LogP contribution in [0.15, 0.2) is 110 Å². The van der Waals surface area contributed by atoms with Crippen LogP contribution in [0.3, 0.4) is 0 Å². The molecule has 0 radical (unpaired) electrons. The zero-order valence-electron chi connectivity index (χ0n) is 20.1.